The van der Waals surface area contributed by atoms with Gasteiger partial charge in [0.15, 0.2) is 0 Å². The van der Waals surface area contributed by atoms with E-state index in [1.165, 1.54) is 17.4 Å². The Labute approximate surface area is 212 Å². The van der Waals surface area contributed by atoms with Crippen LogP contribution in [0.25, 0.3) is 0 Å². The van der Waals surface area contributed by atoms with Crippen LogP contribution in [0.3, 0.4) is 0 Å². The molecule has 0 saturated heterocycles. The van der Waals surface area contributed by atoms with Crippen molar-refractivity contribution < 1.29 is 29.4 Å². The van der Waals surface area contributed by atoms with Gasteiger partial charge in [0.2, 0.25) is 0 Å². The number of carbonyl (C=O) groups is 4. The van der Waals surface area contributed by atoms with Crippen LogP contribution < -0.4 is 16.0 Å². The first kappa shape index (κ1) is 26.4. The summed E-state index contributed by atoms with van der Waals surface area (Å²) < 4.78 is 0. The number of phenols is 1. The number of rotatable bonds is 10. The fourth-order valence-corrected chi connectivity index (χ4v) is 4.35. The molecule has 1 atom stereocenters. The van der Waals surface area contributed by atoms with Crippen LogP contribution in [0.1, 0.15) is 54.2 Å². The van der Waals surface area contributed by atoms with Crippen molar-refractivity contribution in [3.8, 4) is 5.75 Å². The summed E-state index contributed by atoms with van der Waals surface area (Å²) in [5, 5.41) is 30.5. The fourth-order valence-electron chi connectivity index (χ4n) is 3.72. The highest BCUT2D eigenvalue weighted by molar-refractivity contribution is 7.08. The molecule has 0 aliphatic rings. The lowest BCUT2D eigenvalue weighted by molar-refractivity contribution is -0.139. The van der Waals surface area contributed by atoms with E-state index in [9.17, 15) is 29.4 Å². The van der Waals surface area contributed by atoms with Gasteiger partial charge in [0.05, 0.1) is 0 Å². The van der Waals surface area contributed by atoms with Crippen LogP contribution in [-0.4, -0.2) is 46.5 Å². The number of carbonyl (C=O) groups excluding carboxylic acids is 3. The normalized spacial score (nSPS) is 11.4. The van der Waals surface area contributed by atoms with Crippen LogP contribution in [0.15, 0.2) is 53.2 Å². The first-order valence-electron chi connectivity index (χ1n) is 11.2. The van der Waals surface area contributed by atoms with Gasteiger partial charge < -0.3 is 26.2 Å². The van der Waals surface area contributed by atoms with E-state index in [1.54, 1.807) is 61.0 Å². The van der Waals surface area contributed by atoms with Crippen LogP contribution in [0.5, 0.6) is 5.75 Å². The van der Waals surface area contributed by atoms with Crippen molar-refractivity contribution >= 4 is 35.0 Å². The molecule has 9 nitrogen and oxygen atoms in total. The van der Waals surface area contributed by atoms with Gasteiger partial charge in [0.25, 0.3) is 17.7 Å². The van der Waals surface area contributed by atoms with Crippen molar-refractivity contribution in [2.75, 3.05) is 6.54 Å². The molecule has 0 spiro atoms. The van der Waals surface area contributed by atoms with Gasteiger partial charge in [0, 0.05) is 35.2 Å². The molecule has 0 radical (unpaired) electrons. The number of hydrogen-bond acceptors (Lipinski definition) is 6. The van der Waals surface area contributed by atoms with Crippen LogP contribution in [0.4, 0.5) is 0 Å². The number of phenolic OH excluding ortho intramolecular Hbond substituents is 1. The van der Waals surface area contributed by atoms with Crippen LogP contribution in [0, 0.1) is 13.8 Å². The van der Waals surface area contributed by atoms with Gasteiger partial charge in [-0.2, -0.15) is 11.3 Å². The Morgan fingerprint density at radius 2 is 1.61 bits per heavy atom. The van der Waals surface area contributed by atoms with Crippen LogP contribution in [0.2, 0.25) is 0 Å². The van der Waals surface area contributed by atoms with Crippen LogP contribution in [-0.2, 0) is 11.3 Å². The van der Waals surface area contributed by atoms with E-state index in [0.29, 0.717) is 22.3 Å². The Balaban J connectivity index is 1.62. The zero-order valence-corrected chi connectivity index (χ0v) is 20.6. The van der Waals surface area contributed by atoms with Crippen molar-refractivity contribution in [3.05, 3.63) is 86.6 Å². The highest BCUT2D eigenvalue weighted by Gasteiger charge is 2.23. The lowest BCUT2D eigenvalue weighted by atomic mass is 9.97. The first-order valence-corrected chi connectivity index (χ1v) is 12.1. The van der Waals surface area contributed by atoms with Gasteiger partial charge >= 0.3 is 5.97 Å². The number of hydrogen-bond donors (Lipinski definition) is 5. The van der Waals surface area contributed by atoms with E-state index in [4.69, 9.17) is 0 Å². The number of benzene rings is 2. The van der Waals surface area contributed by atoms with Crippen molar-refractivity contribution in [1.29, 1.82) is 0 Å². The maximum atomic E-state index is 12.9. The highest BCUT2D eigenvalue weighted by atomic mass is 32.1. The molecule has 1 heterocycles. The minimum Gasteiger partial charge on any atom is -0.508 e. The van der Waals surface area contributed by atoms with Gasteiger partial charge in [-0.3, -0.25) is 14.4 Å². The van der Waals surface area contributed by atoms with E-state index < -0.39 is 17.9 Å². The predicted molar refractivity (Wildman–Crippen MR) is 135 cm³/mol. The fraction of sp³-hybridized carbons (Fsp3) is 0.231. The highest BCUT2D eigenvalue weighted by Crippen LogP contribution is 2.18. The molecular formula is C26H27N3O6S. The average molecular weight is 510 g/mol. The monoisotopic (exact) mass is 509 g/mol. The largest absolute Gasteiger partial charge is 0.508 e. The predicted octanol–water partition coefficient (Wildman–Crippen LogP) is 3.00. The third-order valence-electron chi connectivity index (χ3n) is 5.49. The minimum absolute atomic E-state index is 0.00454. The zero-order valence-electron chi connectivity index (χ0n) is 19.8. The minimum atomic E-state index is -1.22. The molecule has 0 unspecified atom stereocenters. The lowest BCUT2D eigenvalue weighted by Gasteiger charge is -2.18. The molecular weight excluding hydrogens is 482 g/mol. The molecule has 3 rings (SSSR count). The molecule has 188 valence electrons. The molecule has 1 aromatic heterocycles. The van der Waals surface area contributed by atoms with Crippen LogP contribution >= 0.6 is 11.3 Å². The molecule has 0 saturated carbocycles. The molecule has 36 heavy (non-hydrogen) atoms. The van der Waals surface area contributed by atoms with E-state index in [2.05, 4.69) is 16.0 Å². The summed E-state index contributed by atoms with van der Waals surface area (Å²) in [5.74, 6) is -2.34. The Morgan fingerprint density at radius 1 is 0.917 bits per heavy atom. The maximum absolute atomic E-state index is 12.9. The second-order valence-corrected chi connectivity index (χ2v) is 9.04. The number of aryl methyl sites for hydroxylation is 2. The number of carboxylic acid groups (broad SMARTS) is 1. The number of carboxylic acids is 1. The summed E-state index contributed by atoms with van der Waals surface area (Å²) in [6.07, 6.45) is 0.00454. The SMILES string of the molecule is Cc1cc(C(=O)NCc2cccc(O)c2)cc(C)c1C(=O)N[C@@H](CCNC(=O)c1ccsc1)C(=O)O. The smallest absolute Gasteiger partial charge is 0.326 e. The Hall–Kier alpha value is -4.18. The third kappa shape index (κ3) is 6.92. The lowest BCUT2D eigenvalue weighted by Crippen LogP contribution is -2.43. The zero-order chi connectivity index (χ0) is 26.2. The summed E-state index contributed by atoms with van der Waals surface area (Å²) >= 11 is 1.38. The molecule has 0 fully saturated rings. The second kappa shape index (κ2) is 12.0. The number of nitrogens with one attached hydrogen (secondary N) is 3. The summed E-state index contributed by atoms with van der Waals surface area (Å²) in [5.41, 5.74) is 2.91. The Bertz CT molecular complexity index is 1250. The molecule has 3 aromatic rings. The van der Waals surface area contributed by atoms with Crippen molar-refractivity contribution in [2.45, 2.75) is 32.9 Å². The standard InChI is InChI=1S/C26H27N3O6S/c1-15-10-19(24(32)28-13-17-4-3-5-20(30)12-17)11-16(2)22(15)25(33)29-21(26(34)35)6-8-27-23(31)18-7-9-36-14-18/h3-5,7,9-12,14,21,30H,6,8,13H2,1-2H3,(H,27,31)(H,28,32)(H,29,33)(H,34,35)/t21-/m0/s1. The van der Waals surface area contributed by atoms with E-state index >= 15 is 0 Å². The summed E-state index contributed by atoms with van der Waals surface area (Å²) in [4.78, 5) is 49.3. The Morgan fingerprint density at radius 3 is 2.22 bits per heavy atom. The molecule has 5 N–H and O–H groups in total. The van der Waals surface area contributed by atoms with Gasteiger partial charge in [-0.05, 0) is 72.7 Å². The second-order valence-electron chi connectivity index (χ2n) is 8.26. The number of aromatic hydroxyl groups is 1. The summed E-state index contributed by atoms with van der Waals surface area (Å²) in [6.45, 7) is 3.63. The number of amides is 3. The van der Waals surface area contributed by atoms with E-state index in [0.717, 1.165) is 5.56 Å². The van der Waals surface area contributed by atoms with Crippen molar-refractivity contribution in [2.24, 2.45) is 0 Å². The molecule has 0 aliphatic heterocycles. The molecule has 0 aliphatic carbocycles. The van der Waals surface area contributed by atoms with Gasteiger partial charge in [-0.1, -0.05) is 12.1 Å². The molecule has 0 bridgehead atoms. The topological polar surface area (TPSA) is 145 Å². The maximum Gasteiger partial charge on any atom is 0.326 e. The molecule has 10 heteroatoms. The Kier molecular flexibility index (Phi) is 8.80. The molecule has 2 aromatic carbocycles. The number of thiophene rings is 1. The first-order chi connectivity index (χ1) is 17.2. The quantitative estimate of drug-likeness (QED) is 0.284. The summed E-state index contributed by atoms with van der Waals surface area (Å²) in [6, 6.07) is 10.1. The average Bonchev–Trinajstić information content (AvgIpc) is 3.36. The van der Waals surface area contributed by atoms with Gasteiger partial charge in [-0.15, -0.1) is 0 Å². The van der Waals surface area contributed by atoms with E-state index in [1.807, 2.05) is 0 Å². The summed E-state index contributed by atoms with van der Waals surface area (Å²) in [7, 11) is 0. The number of aliphatic carboxylic acids is 1. The van der Waals surface area contributed by atoms with Gasteiger partial charge in [-0.25, -0.2) is 4.79 Å². The van der Waals surface area contributed by atoms with Crippen molar-refractivity contribution in [1.82, 2.24) is 16.0 Å². The van der Waals surface area contributed by atoms with Gasteiger partial charge in [0.1, 0.15) is 11.8 Å². The molecule has 3 amide bonds. The van der Waals surface area contributed by atoms with Crippen molar-refractivity contribution in [3.63, 3.8) is 0 Å². The van der Waals surface area contributed by atoms with E-state index in [-0.39, 0.29) is 42.6 Å². The third-order valence-corrected chi connectivity index (χ3v) is 6.17.